The Morgan fingerprint density at radius 3 is 2.75 bits per heavy atom. The highest BCUT2D eigenvalue weighted by atomic mass is 16.7. The van der Waals surface area contributed by atoms with Crippen molar-refractivity contribution in [1.29, 1.82) is 0 Å². The first kappa shape index (κ1) is 15.1. The lowest BCUT2D eigenvalue weighted by atomic mass is 9.90. The van der Waals surface area contributed by atoms with E-state index in [9.17, 15) is 0 Å². The largest absolute Gasteiger partial charge is 0.454 e. The van der Waals surface area contributed by atoms with E-state index in [1.165, 1.54) is 27.7 Å². The Labute approximate surface area is 141 Å². The van der Waals surface area contributed by atoms with E-state index in [1.807, 2.05) is 6.07 Å². The standard InChI is InChI=1S/C20H22N2O2/c1-13-17(16-5-3-4-6-18(16)22(13)2)9-15(11-21)14-7-8-19-20(10-14)24-12-23-19/h3-8,10,15H,9,11-12,21H2,1-2H3. The first-order valence-electron chi connectivity index (χ1n) is 8.31. The molecule has 1 atom stereocenters. The average Bonchev–Trinajstić information content (AvgIpc) is 3.17. The Bertz CT molecular complexity index is 898. The second-order valence-electron chi connectivity index (χ2n) is 6.39. The summed E-state index contributed by atoms with van der Waals surface area (Å²) < 4.78 is 13.2. The van der Waals surface area contributed by atoms with Gasteiger partial charge in [0.15, 0.2) is 11.5 Å². The van der Waals surface area contributed by atoms with Gasteiger partial charge >= 0.3 is 0 Å². The molecule has 1 aliphatic rings. The molecule has 0 spiro atoms. The van der Waals surface area contributed by atoms with Crippen molar-refractivity contribution in [3.8, 4) is 11.5 Å². The first-order chi connectivity index (χ1) is 11.7. The molecule has 124 valence electrons. The molecule has 0 amide bonds. The molecular formula is C20H22N2O2. The third-order valence-corrected chi connectivity index (χ3v) is 5.13. The molecule has 0 fully saturated rings. The average molecular weight is 322 g/mol. The molecule has 1 aliphatic heterocycles. The Hall–Kier alpha value is -2.46. The molecule has 24 heavy (non-hydrogen) atoms. The number of benzene rings is 2. The smallest absolute Gasteiger partial charge is 0.231 e. The van der Waals surface area contributed by atoms with Gasteiger partial charge in [0.1, 0.15) is 0 Å². The van der Waals surface area contributed by atoms with E-state index in [1.54, 1.807) is 0 Å². The summed E-state index contributed by atoms with van der Waals surface area (Å²) in [5.74, 6) is 1.89. The van der Waals surface area contributed by atoms with Crippen molar-refractivity contribution in [2.45, 2.75) is 19.3 Å². The Kier molecular flexibility index (Phi) is 3.69. The van der Waals surface area contributed by atoms with Crippen LogP contribution in [0, 0.1) is 6.92 Å². The number of nitrogens with zero attached hydrogens (tertiary/aromatic N) is 1. The van der Waals surface area contributed by atoms with Gasteiger partial charge in [-0.3, -0.25) is 0 Å². The van der Waals surface area contributed by atoms with Gasteiger partial charge in [-0.05, 0) is 49.2 Å². The maximum Gasteiger partial charge on any atom is 0.231 e. The Balaban J connectivity index is 1.72. The van der Waals surface area contributed by atoms with Gasteiger partial charge in [0, 0.05) is 29.6 Å². The first-order valence-corrected chi connectivity index (χ1v) is 8.31. The van der Waals surface area contributed by atoms with E-state index in [0.717, 1.165) is 17.9 Å². The van der Waals surface area contributed by atoms with Gasteiger partial charge in [-0.25, -0.2) is 0 Å². The molecule has 4 rings (SSSR count). The topological polar surface area (TPSA) is 49.4 Å². The zero-order chi connectivity index (χ0) is 16.7. The van der Waals surface area contributed by atoms with Gasteiger partial charge in [0.25, 0.3) is 0 Å². The summed E-state index contributed by atoms with van der Waals surface area (Å²) in [6, 6.07) is 14.7. The summed E-state index contributed by atoms with van der Waals surface area (Å²) in [6.45, 7) is 3.08. The molecule has 0 radical (unpaired) electrons. The van der Waals surface area contributed by atoms with Crippen LogP contribution in [-0.2, 0) is 13.5 Å². The second-order valence-corrected chi connectivity index (χ2v) is 6.39. The molecule has 2 heterocycles. The molecule has 0 saturated heterocycles. The van der Waals surface area contributed by atoms with Crippen LogP contribution in [0.5, 0.6) is 11.5 Å². The number of ether oxygens (including phenoxy) is 2. The van der Waals surface area contributed by atoms with Crippen molar-refractivity contribution in [2.75, 3.05) is 13.3 Å². The number of rotatable bonds is 4. The van der Waals surface area contributed by atoms with Crippen molar-refractivity contribution < 1.29 is 9.47 Å². The number of nitrogens with two attached hydrogens (primary N) is 1. The fourth-order valence-electron chi connectivity index (χ4n) is 3.61. The van der Waals surface area contributed by atoms with E-state index in [0.29, 0.717) is 13.3 Å². The maximum absolute atomic E-state index is 6.12. The molecule has 1 unspecified atom stereocenters. The number of aryl methyl sites for hydroxylation is 1. The molecule has 2 N–H and O–H groups in total. The molecule has 4 nitrogen and oxygen atoms in total. The summed E-state index contributed by atoms with van der Waals surface area (Å²) >= 11 is 0. The lowest BCUT2D eigenvalue weighted by Crippen LogP contribution is -2.15. The van der Waals surface area contributed by atoms with Gasteiger partial charge in [-0.1, -0.05) is 24.3 Å². The molecule has 2 aromatic carbocycles. The van der Waals surface area contributed by atoms with Crippen LogP contribution in [-0.4, -0.2) is 17.9 Å². The van der Waals surface area contributed by atoms with Crippen LogP contribution in [0.4, 0.5) is 0 Å². The number of hydrogen-bond acceptors (Lipinski definition) is 3. The van der Waals surface area contributed by atoms with Crippen LogP contribution in [0.1, 0.15) is 22.7 Å². The third-order valence-electron chi connectivity index (χ3n) is 5.13. The number of fused-ring (bicyclic) bond motifs is 2. The maximum atomic E-state index is 6.12. The fraction of sp³-hybridized carbons (Fsp3) is 0.300. The lowest BCUT2D eigenvalue weighted by Gasteiger charge is -2.16. The van der Waals surface area contributed by atoms with E-state index in [4.69, 9.17) is 15.2 Å². The van der Waals surface area contributed by atoms with Crippen LogP contribution in [0.2, 0.25) is 0 Å². The van der Waals surface area contributed by atoms with Gasteiger partial charge < -0.3 is 19.8 Å². The molecule has 0 bridgehead atoms. The second kappa shape index (κ2) is 5.87. The number of aromatic nitrogens is 1. The van der Waals surface area contributed by atoms with Crippen molar-refractivity contribution >= 4 is 10.9 Å². The van der Waals surface area contributed by atoms with Crippen LogP contribution in [0.25, 0.3) is 10.9 Å². The molecule has 0 saturated carbocycles. The highest BCUT2D eigenvalue weighted by molar-refractivity contribution is 5.85. The predicted octanol–water partition coefficient (Wildman–Crippen LogP) is 3.50. The zero-order valence-electron chi connectivity index (χ0n) is 14.1. The van der Waals surface area contributed by atoms with E-state index < -0.39 is 0 Å². The third kappa shape index (κ3) is 2.34. The quantitative estimate of drug-likeness (QED) is 0.800. The SMILES string of the molecule is Cc1c(CC(CN)c2ccc3c(c2)OCO3)c2ccccc2n1C. The van der Waals surface area contributed by atoms with Gasteiger partial charge in [0.05, 0.1) is 0 Å². The van der Waals surface area contributed by atoms with Crippen molar-refractivity contribution in [3.05, 3.63) is 59.3 Å². The van der Waals surface area contributed by atoms with Crippen molar-refractivity contribution in [2.24, 2.45) is 12.8 Å². The van der Waals surface area contributed by atoms with Crippen LogP contribution in [0.15, 0.2) is 42.5 Å². The summed E-state index contributed by atoms with van der Waals surface area (Å²) in [7, 11) is 2.12. The van der Waals surface area contributed by atoms with Gasteiger partial charge in [-0.15, -0.1) is 0 Å². The number of para-hydroxylation sites is 1. The minimum Gasteiger partial charge on any atom is -0.454 e. The molecule has 3 aromatic rings. The monoisotopic (exact) mass is 322 g/mol. The Morgan fingerprint density at radius 1 is 1.12 bits per heavy atom. The van der Waals surface area contributed by atoms with Gasteiger partial charge in [0.2, 0.25) is 6.79 Å². The number of hydrogen-bond donors (Lipinski definition) is 1. The van der Waals surface area contributed by atoms with E-state index in [2.05, 4.69) is 54.9 Å². The zero-order valence-corrected chi connectivity index (χ0v) is 14.1. The molecule has 4 heteroatoms. The van der Waals surface area contributed by atoms with Crippen molar-refractivity contribution in [3.63, 3.8) is 0 Å². The van der Waals surface area contributed by atoms with Crippen LogP contribution >= 0.6 is 0 Å². The van der Waals surface area contributed by atoms with Gasteiger partial charge in [-0.2, -0.15) is 0 Å². The lowest BCUT2D eigenvalue weighted by molar-refractivity contribution is 0.174. The summed E-state index contributed by atoms with van der Waals surface area (Å²) in [5, 5.41) is 1.32. The van der Waals surface area contributed by atoms with Crippen molar-refractivity contribution in [1.82, 2.24) is 4.57 Å². The molecule has 1 aromatic heterocycles. The normalized spacial score (nSPS) is 14.3. The predicted molar refractivity (Wildman–Crippen MR) is 95.7 cm³/mol. The molecular weight excluding hydrogens is 300 g/mol. The van der Waals surface area contributed by atoms with Crippen LogP contribution in [0.3, 0.4) is 0 Å². The highest BCUT2D eigenvalue weighted by Crippen LogP contribution is 2.36. The summed E-state index contributed by atoms with van der Waals surface area (Å²) in [5.41, 5.74) is 11.3. The minimum atomic E-state index is 0.254. The molecule has 0 aliphatic carbocycles. The minimum absolute atomic E-state index is 0.254. The van der Waals surface area contributed by atoms with Crippen LogP contribution < -0.4 is 15.2 Å². The summed E-state index contributed by atoms with van der Waals surface area (Å²) in [4.78, 5) is 0. The highest BCUT2D eigenvalue weighted by Gasteiger charge is 2.20. The van der Waals surface area contributed by atoms with E-state index >= 15 is 0 Å². The Morgan fingerprint density at radius 2 is 1.92 bits per heavy atom. The van der Waals surface area contributed by atoms with E-state index in [-0.39, 0.29) is 5.92 Å². The fourth-order valence-corrected chi connectivity index (χ4v) is 3.61. The summed E-state index contributed by atoms with van der Waals surface area (Å²) in [6.07, 6.45) is 0.920.